The number of para-hydroxylation sites is 1. The minimum Gasteiger partial charge on any atom is -0.507 e. The van der Waals surface area contributed by atoms with E-state index in [1.807, 2.05) is 37.3 Å². The minimum absolute atomic E-state index is 0.0434. The lowest BCUT2D eigenvalue weighted by Gasteiger charge is -2.16. The van der Waals surface area contributed by atoms with Gasteiger partial charge in [-0.3, -0.25) is 4.79 Å². The van der Waals surface area contributed by atoms with Crippen LogP contribution >= 0.6 is 11.6 Å². The van der Waals surface area contributed by atoms with E-state index in [0.29, 0.717) is 17.0 Å². The van der Waals surface area contributed by atoms with Gasteiger partial charge in [-0.1, -0.05) is 36.7 Å². The Bertz CT molecular complexity index is 689. The fourth-order valence-electron chi connectivity index (χ4n) is 1.96. The number of hydrogen-bond donors (Lipinski definition) is 3. The summed E-state index contributed by atoms with van der Waals surface area (Å²) in [6, 6.07) is 13.7. The van der Waals surface area contributed by atoms with Crippen molar-refractivity contribution < 1.29 is 9.90 Å². The Morgan fingerprint density at radius 3 is 2.74 bits per heavy atom. The summed E-state index contributed by atoms with van der Waals surface area (Å²) in [7, 11) is 0. The highest BCUT2D eigenvalue weighted by Crippen LogP contribution is 2.19. The summed E-state index contributed by atoms with van der Waals surface area (Å²) in [6.45, 7) is 1.91. The summed E-state index contributed by atoms with van der Waals surface area (Å²) in [5, 5.41) is 17.2. The molecule has 0 bridgehead atoms. The zero-order valence-corrected chi connectivity index (χ0v) is 13.4. The van der Waals surface area contributed by atoms with E-state index < -0.39 is 6.04 Å². The Morgan fingerprint density at radius 2 is 2.04 bits per heavy atom. The molecule has 0 saturated carbocycles. The van der Waals surface area contributed by atoms with Crippen LogP contribution in [-0.4, -0.2) is 23.3 Å². The molecule has 1 amide bonds. The molecular weight excluding hydrogens is 314 g/mol. The van der Waals surface area contributed by atoms with Crippen molar-refractivity contribution >= 4 is 29.4 Å². The number of phenolic OH excluding ortho intramolecular Hbond substituents is 1. The van der Waals surface area contributed by atoms with E-state index in [-0.39, 0.29) is 11.7 Å². The molecule has 23 heavy (non-hydrogen) atoms. The number of hydrazone groups is 1. The van der Waals surface area contributed by atoms with Gasteiger partial charge in [-0.2, -0.15) is 5.10 Å². The maximum atomic E-state index is 12.1. The van der Waals surface area contributed by atoms with Gasteiger partial charge in [0.25, 0.3) is 5.91 Å². The average molecular weight is 332 g/mol. The molecule has 0 aliphatic carbocycles. The van der Waals surface area contributed by atoms with Crippen LogP contribution in [0.1, 0.15) is 18.9 Å². The van der Waals surface area contributed by atoms with E-state index in [1.54, 1.807) is 12.1 Å². The van der Waals surface area contributed by atoms with Gasteiger partial charge in [-0.25, -0.2) is 5.43 Å². The van der Waals surface area contributed by atoms with Gasteiger partial charge in [0.05, 0.1) is 6.21 Å². The number of halogens is 1. The van der Waals surface area contributed by atoms with Gasteiger partial charge < -0.3 is 10.4 Å². The second kappa shape index (κ2) is 8.19. The minimum atomic E-state index is -0.400. The Kier molecular flexibility index (Phi) is 6.00. The zero-order chi connectivity index (χ0) is 16.7. The number of carbonyl (C=O) groups excluding carboxylic acids is 1. The van der Waals surface area contributed by atoms with Crippen LogP contribution in [0.3, 0.4) is 0 Å². The molecule has 0 saturated heterocycles. The SMILES string of the molecule is CCC(Nc1ccccc1)C(=O)N/N=C/c1cc(Cl)ccc1O. The molecule has 1 atom stereocenters. The van der Waals surface area contributed by atoms with Crippen LogP contribution in [0.2, 0.25) is 5.02 Å². The first-order chi connectivity index (χ1) is 11.1. The molecule has 120 valence electrons. The van der Waals surface area contributed by atoms with E-state index in [2.05, 4.69) is 15.8 Å². The highest BCUT2D eigenvalue weighted by Gasteiger charge is 2.15. The molecule has 0 fully saturated rings. The van der Waals surface area contributed by atoms with Crippen LogP contribution in [0, 0.1) is 0 Å². The van der Waals surface area contributed by atoms with Crippen molar-refractivity contribution in [1.29, 1.82) is 0 Å². The van der Waals surface area contributed by atoms with Crippen molar-refractivity contribution in [3.63, 3.8) is 0 Å². The largest absolute Gasteiger partial charge is 0.507 e. The standard InChI is InChI=1S/C17H18ClN3O2/c1-2-15(20-14-6-4-3-5-7-14)17(23)21-19-11-12-10-13(18)8-9-16(12)22/h3-11,15,20,22H,2H2,1H3,(H,21,23)/b19-11+. The van der Waals surface area contributed by atoms with Gasteiger partial charge in [-0.15, -0.1) is 0 Å². The van der Waals surface area contributed by atoms with Crippen molar-refractivity contribution in [2.75, 3.05) is 5.32 Å². The van der Waals surface area contributed by atoms with Crippen molar-refractivity contribution in [1.82, 2.24) is 5.43 Å². The maximum Gasteiger partial charge on any atom is 0.262 e. The van der Waals surface area contributed by atoms with E-state index >= 15 is 0 Å². The van der Waals surface area contributed by atoms with Gasteiger partial charge in [0.15, 0.2) is 0 Å². The van der Waals surface area contributed by atoms with Gasteiger partial charge in [-0.05, 0) is 36.8 Å². The Labute approximate surface area is 140 Å². The van der Waals surface area contributed by atoms with E-state index in [0.717, 1.165) is 5.69 Å². The Hall–Kier alpha value is -2.53. The number of amides is 1. The number of hydrogen-bond acceptors (Lipinski definition) is 4. The Balaban J connectivity index is 1.97. The smallest absolute Gasteiger partial charge is 0.262 e. The molecule has 1 unspecified atom stereocenters. The summed E-state index contributed by atoms with van der Waals surface area (Å²) < 4.78 is 0. The fourth-order valence-corrected chi connectivity index (χ4v) is 2.14. The molecule has 0 aromatic heterocycles. The normalized spacial score (nSPS) is 12.1. The summed E-state index contributed by atoms with van der Waals surface area (Å²) in [5.41, 5.74) is 3.76. The maximum absolute atomic E-state index is 12.1. The summed E-state index contributed by atoms with van der Waals surface area (Å²) in [5.74, 6) is -0.212. The van der Waals surface area contributed by atoms with Crippen molar-refractivity contribution in [3.05, 3.63) is 59.1 Å². The monoisotopic (exact) mass is 331 g/mol. The van der Waals surface area contributed by atoms with E-state index in [9.17, 15) is 9.90 Å². The number of aromatic hydroxyl groups is 1. The first-order valence-corrected chi connectivity index (χ1v) is 7.61. The number of benzene rings is 2. The highest BCUT2D eigenvalue weighted by atomic mass is 35.5. The number of anilines is 1. The van der Waals surface area contributed by atoms with Gasteiger partial charge in [0, 0.05) is 16.3 Å². The quantitative estimate of drug-likeness (QED) is 0.561. The number of nitrogens with one attached hydrogen (secondary N) is 2. The van der Waals surface area contributed by atoms with Gasteiger partial charge in [0.2, 0.25) is 0 Å². The molecule has 2 aromatic carbocycles. The van der Waals surface area contributed by atoms with Crippen molar-refractivity contribution in [2.45, 2.75) is 19.4 Å². The molecule has 6 heteroatoms. The lowest BCUT2D eigenvalue weighted by atomic mass is 10.2. The van der Waals surface area contributed by atoms with Gasteiger partial charge in [0.1, 0.15) is 11.8 Å². The van der Waals surface area contributed by atoms with Gasteiger partial charge >= 0.3 is 0 Å². The molecule has 2 aromatic rings. The van der Waals surface area contributed by atoms with Crippen LogP contribution in [0.5, 0.6) is 5.75 Å². The lowest BCUT2D eigenvalue weighted by molar-refractivity contribution is -0.121. The van der Waals surface area contributed by atoms with E-state index in [1.165, 1.54) is 12.3 Å². The molecule has 5 nitrogen and oxygen atoms in total. The number of nitrogens with zero attached hydrogens (tertiary/aromatic N) is 1. The number of carbonyl (C=O) groups is 1. The van der Waals surface area contributed by atoms with Crippen molar-refractivity contribution in [2.24, 2.45) is 5.10 Å². The molecule has 0 heterocycles. The second-order valence-electron chi connectivity index (χ2n) is 4.91. The topological polar surface area (TPSA) is 73.7 Å². The number of rotatable bonds is 6. The molecule has 0 aliphatic heterocycles. The molecular formula is C17H18ClN3O2. The highest BCUT2D eigenvalue weighted by molar-refractivity contribution is 6.30. The zero-order valence-electron chi connectivity index (χ0n) is 12.7. The predicted molar refractivity (Wildman–Crippen MR) is 93.0 cm³/mol. The van der Waals surface area contributed by atoms with Crippen LogP contribution < -0.4 is 10.7 Å². The fraction of sp³-hybridized carbons (Fsp3) is 0.176. The summed E-state index contributed by atoms with van der Waals surface area (Å²) in [6.07, 6.45) is 1.97. The van der Waals surface area contributed by atoms with E-state index in [4.69, 9.17) is 11.6 Å². The van der Waals surface area contributed by atoms with Crippen LogP contribution in [0.25, 0.3) is 0 Å². The summed E-state index contributed by atoms with van der Waals surface area (Å²) >= 11 is 5.85. The van der Waals surface area contributed by atoms with Crippen molar-refractivity contribution in [3.8, 4) is 5.75 Å². The first kappa shape index (κ1) is 16.8. The molecule has 0 aliphatic rings. The van der Waals surface area contributed by atoms with Crippen LogP contribution in [-0.2, 0) is 4.79 Å². The Morgan fingerprint density at radius 1 is 1.30 bits per heavy atom. The molecule has 2 rings (SSSR count). The lowest BCUT2D eigenvalue weighted by Crippen LogP contribution is -2.36. The first-order valence-electron chi connectivity index (χ1n) is 7.23. The third-order valence-electron chi connectivity index (χ3n) is 3.21. The predicted octanol–water partition coefficient (Wildman–Crippen LogP) is 3.39. The second-order valence-corrected chi connectivity index (χ2v) is 5.35. The molecule has 0 radical (unpaired) electrons. The molecule has 3 N–H and O–H groups in total. The third-order valence-corrected chi connectivity index (χ3v) is 3.44. The third kappa shape index (κ3) is 5.00. The average Bonchev–Trinajstić information content (AvgIpc) is 2.56. The molecule has 0 spiro atoms. The van der Waals surface area contributed by atoms with Crippen LogP contribution in [0.15, 0.2) is 53.6 Å². The summed E-state index contributed by atoms with van der Waals surface area (Å²) in [4.78, 5) is 12.1. The van der Waals surface area contributed by atoms with Crippen LogP contribution in [0.4, 0.5) is 5.69 Å². The number of phenols is 1.